The maximum atomic E-state index is 12.0. The number of hydrogen-bond donors (Lipinski definition) is 2. The van der Waals surface area contributed by atoms with Crippen LogP contribution in [0.2, 0.25) is 5.02 Å². The summed E-state index contributed by atoms with van der Waals surface area (Å²) < 4.78 is 0. The summed E-state index contributed by atoms with van der Waals surface area (Å²) in [4.78, 5) is 12.0. The topological polar surface area (TPSA) is 41.1 Å². The van der Waals surface area contributed by atoms with E-state index >= 15 is 0 Å². The first-order valence-electron chi connectivity index (χ1n) is 7.33. The van der Waals surface area contributed by atoms with E-state index in [4.69, 9.17) is 11.6 Å². The molecule has 1 amide bonds. The Balaban J connectivity index is 1.85. The molecule has 0 bridgehead atoms. The fourth-order valence-corrected chi connectivity index (χ4v) is 2.53. The van der Waals surface area contributed by atoms with Gasteiger partial charge in [0.05, 0.1) is 0 Å². The van der Waals surface area contributed by atoms with Gasteiger partial charge in [0.2, 0.25) is 5.91 Å². The van der Waals surface area contributed by atoms with Crippen molar-refractivity contribution in [1.29, 1.82) is 0 Å². The fourth-order valence-electron chi connectivity index (χ4n) is 2.30. The normalized spacial score (nSPS) is 10.4. The summed E-state index contributed by atoms with van der Waals surface area (Å²) in [7, 11) is 0. The number of benzene rings is 2. The number of hydrogen-bond acceptors (Lipinski definition) is 2. The Hall–Kier alpha value is -2.00. The van der Waals surface area contributed by atoms with Gasteiger partial charge >= 0.3 is 0 Å². The minimum Gasteiger partial charge on any atom is -0.384 e. The summed E-state index contributed by atoms with van der Waals surface area (Å²) in [6.07, 6.45) is 0.412. The number of amides is 1. The maximum absolute atomic E-state index is 12.0. The van der Waals surface area contributed by atoms with E-state index < -0.39 is 0 Å². The second kappa shape index (κ2) is 7.32. The molecule has 2 N–H and O–H groups in total. The molecule has 0 saturated carbocycles. The Morgan fingerprint density at radius 1 is 1.00 bits per heavy atom. The first-order chi connectivity index (χ1) is 10.5. The molecule has 0 spiro atoms. The van der Waals surface area contributed by atoms with Crippen LogP contribution >= 0.6 is 11.6 Å². The molecule has 22 heavy (non-hydrogen) atoms. The predicted molar refractivity (Wildman–Crippen MR) is 93.8 cm³/mol. The summed E-state index contributed by atoms with van der Waals surface area (Å²) >= 11 is 5.93. The van der Waals surface area contributed by atoms with Crippen LogP contribution in [0.1, 0.15) is 23.1 Å². The lowest BCUT2D eigenvalue weighted by molar-refractivity contribution is -0.115. The molecule has 0 saturated heterocycles. The highest BCUT2D eigenvalue weighted by molar-refractivity contribution is 6.30. The van der Waals surface area contributed by atoms with Crippen LogP contribution in [-0.4, -0.2) is 12.5 Å². The van der Waals surface area contributed by atoms with Crippen molar-refractivity contribution in [2.45, 2.75) is 27.2 Å². The predicted octanol–water partition coefficient (Wildman–Crippen LogP) is 4.71. The minimum absolute atomic E-state index is 0.00562. The molecule has 2 aromatic carbocycles. The van der Waals surface area contributed by atoms with Gasteiger partial charge in [-0.2, -0.15) is 0 Å². The van der Waals surface area contributed by atoms with Crippen LogP contribution in [0.25, 0.3) is 0 Å². The highest BCUT2D eigenvalue weighted by Gasteiger charge is 2.05. The third-order valence-corrected chi connectivity index (χ3v) is 3.75. The van der Waals surface area contributed by atoms with Crippen LogP contribution in [0.4, 0.5) is 11.4 Å². The molecule has 116 valence electrons. The number of nitrogens with one attached hydrogen (secondary N) is 2. The number of aryl methyl sites for hydroxylation is 3. The molecule has 0 aliphatic carbocycles. The second-order valence-electron chi connectivity index (χ2n) is 5.50. The van der Waals surface area contributed by atoms with E-state index in [2.05, 4.69) is 16.7 Å². The van der Waals surface area contributed by atoms with Crippen molar-refractivity contribution in [1.82, 2.24) is 0 Å². The molecule has 0 heterocycles. The fraction of sp³-hybridized carbons (Fsp3) is 0.278. The largest absolute Gasteiger partial charge is 0.384 e. The van der Waals surface area contributed by atoms with E-state index in [9.17, 15) is 4.79 Å². The van der Waals surface area contributed by atoms with Gasteiger partial charge in [-0.25, -0.2) is 0 Å². The molecule has 0 radical (unpaired) electrons. The monoisotopic (exact) mass is 316 g/mol. The quantitative estimate of drug-likeness (QED) is 0.839. The van der Waals surface area contributed by atoms with Crippen molar-refractivity contribution in [3.63, 3.8) is 0 Å². The first kappa shape index (κ1) is 16.4. The third-order valence-electron chi connectivity index (χ3n) is 3.51. The number of anilines is 2. The van der Waals surface area contributed by atoms with E-state index in [1.807, 2.05) is 51.1 Å². The number of rotatable bonds is 5. The van der Waals surface area contributed by atoms with E-state index in [0.29, 0.717) is 13.0 Å². The zero-order valence-electron chi connectivity index (χ0n) is 13.2. The summed E-state index contributed by atoms with van der Waals surface area (Å²) in [5.74, 6) is 0.00562. The molecule has 0 aromatic heterocycles. The van der Waals surface area contributed by atoms with Crippen molar-refractivity contribution in [2.24, 2.45) is 0 Å². The zero-order chi connectivity index (χ0) is 16.1. The van der Waals surface area contributed by atoms with Crippen LogP contribution in [0.5, 0.6) is 0 Å². The van der Waals surface area contributed by atoms with Gasteiger partial charge in [0.1, 0.15) is 0 Å². The van der Waals surface area contributed by atoms with Crippen LogP contribution in [-0.2, 0) is 4.79 Å². The van der Waals surface area contributed by atoms with Gasteiger partial charge in [-0.05, 0) is 56.2 Å². The zero-order valence-corrected chi connectivity index (χ0v) is 13.9. The number of carbonyl (C=O) groups is 1. The SMILES string of the molecule is Cc1ccc(NC(=O)CCNc2ccc(Cl)cc2C)c(C)c1. The van der Waals surface area contributed by atoms with E-state index in [0.717, 1.165) is 27.5 Å². The Bertz CT molecular complexity index is 683. The molecular weight excluding hydrogens is 296 g/mol. The average Bonchev–Trinajstić information content (AvgIpc) is 2.44. The van der Waals surface area contributed by atoms with Gasteiger partial charge in [0.15, 0.2) is 0 Å². The highest BCUT2D eigenvalue weighted by atomic mass is 35.5. The van der Waals surface area contributed by atoms with Gasteiger partial charge in [-0.3, -0.25) is 4.79 Å². The second-order valence-corrected chi connectivity index (χ2v) is 5.94. The Labute approximate surface area is 136 Å². The van der Waals surface area contributed by atoms with Crippen molar-refractivity contribution in [3.8, 4) is 0 Å². The minimum atomic E-state index is 0.00562. The molecule has 2 rings (SSSR count). The molecule has 0 atom stereocenters. The van der Waals surface area contributed by atoms with Crippen LogP contribution in [0, 0.1) is 20.8 Å². The maximum Gasteiger partial charge on any atom is 0.226 e. The van der Waals surface area contributed by atoms with Crippen molar-refractivity contribution in [3.05, 3.63) is 58.1 Å². The van der Waals surface area contributed by atoms with Gasteiger partial charge in [0, 0.05) is 29.4 Å². The summed E-state index contributed by atoms with van der Waals surface area (Å²) in [6.45, 7) is 6.61. The molecule has 0 fully saturated rings. The van der Waals surface area contributed by atoms with Crippen LogP contribution < -0.4 is 10.6 Å². The lowest BCUT2D eigenvalue weighted by atomic mass is 10.1. The van der Waals surface area contributed by atoms with Crippen LogP contribution in [0.15, 0.2) is 36.4 Å². The summed E-state index contributed by atoms with van der Waals surface area (Å²) in [5, 5.41) is 6.93. The molecule has 0 aliphatic rings. The van der Waals surface area contributed by atoms with Gasteiger partial charge in [-0.1, -0.05) is 29.3 Å². The molecule has 0 unspecified atom stereocenters. The van der Waals surface area contributed by atoms with Crippen molar-refractivity contribution >= 4 is 28.9 Å². The van der Waals surface area contributed by atoms with Gasteiger partial charge in [0.25, 0.3) is 0 Å². The lowest BCUT2D eigenvalue weighted by Gasteiger charge is -2.11. The van der Waals surface area contributed by atoms with E-state index in [-0.39, 0.29) is 5.91 Å². The first-order valence-corrected chi connectivity index (χ1v) is 7.70. The van der Waals surface area contributed by atoms with Crippen molar-refractivity contribution in [2.75, 3.05) is 17.2 Å². The Kier molecular flexibility index (Phi) is 5.45. The van der Waals surface area contributed by atoms with E-state index in [1.54, 1.807) is 0 Å². The highest BCUT2D eigenvalue weighted by Crippen LogP contribution is 2.20. The third kappa shape index (κ3) is 4.50. The smallest absolute Gasteiger partial charge is 0.226 e. The summed E-state index contributed by atoms with van der Waals surface area (Å²) in [6, 6.07) is 11.7. The Morgan fingerprint density at radius 2 is 1.68 bits per heavy atom. The Morgan fingerprint density at radius 3 is 2.36 bits per heavy atom. The average molecular weight is 317 g/mol. The van der Waals surface area contributed by atoms with Crippen LogP contribution in [0.3, 0.4) is 0 Å². The lowest BCUT2D eigenvalue weighted by Crippen LogP contribution is -2.17. The molecule has 2 aromatic rings. The molecule has 3 nitrogen and oxygen atoms in total. The number of halogens is 1. The molecule has 0 aliphatic heterocycles. The van der Waals surface area contributed by atoms with Gasteiger partial charge in [-0.15, -0.1) is 0 Å². The molecule has 4 heteroatoms. The van der Waals surface area contributed by atoms with E-state index in [1.165, 1.54) is 5.56 Å². The summed E-state index contributed by atoms with van der Waals surface area (Å²) in [5.41, 5.74) is 5.22. The standard InChI is InChI=1S/C18H21ClN2O/c1-12-4-6-17(13(2)10-12)21-18(22)8-9-20-16-7-5-15(19)11-14(16)3/h4-7,10-11,20H,8-9H2,1-3H3,(H,21,22). The van der Waals surface area contributed by atoms with Crippen molar-refractivity contribution < 1.29 is 4.79 Å². The molecular formula is C18H21ClN2O. The number of carbonyl (C=O) groups excluding carboxylic acids is 1. The van der Waals surface area contributed by atoms with Gasteiger partial charge < -0.3 is 10.6 Å².